The van der Waals surface area contributed by atoms with E-state index in [2.05, 4.69) is 22.1 Å². The summed E-state index contributed by atoms with van der Waals surface area (Å²) in [5.74, 6) is -0.0962. The van der Waals surface area contributed by atoms with Crippen LogP contribution in [0.1, 0.15) is 17.3 Å². The van der Waals surface area contributed by atoms with E-state index in [9.17, 15) is 4.79 Å². The predicted molar refractivity (Wildman–Crippen MR) is 90.4 cm³/mol. The Labute approximate surface area is 127 Å². The van der Waals surface area contributed by atoms with Crippen LogP contribution in [0.2, 0.25) is 0 Å². The van der Waals surface area contributed by atoms with E-state index in [-0.39, 0.29) is 5.91 Å². The molecule has 0 aliphatic heterocycles. The zero-order valence-electron chi connectivity index (χ0n) is 11.7. The molecule has 2 aromatic carbocycles. The number of thiophene rings is 1. The summed E-state index contributed by atoms with van der Waals surface area (Å²) in [6.45, 7) is 2.80. The van der Waals surface area contributed by atoms with Gasteiger partial charge in [-0.3, -0.25) is 4.79 Å². The first-order chi connectivity index (χ1) is 10.3. The van der Waals surface area contributed by atoms with Gasteiger partial charge in [0, 0.05) is 22.6 Å². The zero-order valence-corrected chi connectivity index (χ0v) is 12.5. The van der Waals surface area contributed by atoms with Gasteiger partial charge in [0.25, 0.3) is 5.91 Å². The fraction of sp³-hybridized carbons (Fsp3) is 0.118. The van der Waals surface area contributed by atoms with Crippen LogP contribution >= 0.6 is 11.3 Å². The van der Waals surface area contributed by atoms with Crippen molar-refractivity contribution in [1.29, 1.82) is 0 Å². The first-order valence-electron chi connectivity index (χ1n) is 6.89. The van der Waals surface area contributed by atoms with Gasteiger partial charge in [-0.05, 0) is 54.1 Å². The Morgan fingerprint density at radius 1 is 1.14 bits per heavy atom. The average molecular weight is 296 g/mol. The van der Waals surface area contributed by atoms with E-state index in [4.69, 9.17) is 0 Å². The summed E-state index contributed by atoms with van der Waals surface area (Å²) in [6.07, 6.45) is 0. The molecule has 1 amide bonds. The quantitative estimate of drug-likeness (QED) is 0.739. The third kappa shape index (κ3) is 2.90. The van der Waals surface area contributed by atoms with Gasteiger partial charge in [-0.25, -0.2) is 0 Å². The van der Waals surface area contributed by atoms with Crippen molar-refractivity contribution < 1.29 is 4.79 Å². The molecule has 21 heavy (non-hydrogen) atoms. The summed E-state index contributed by atoms with van der Waals surface area (Å²) in [6, 6.07) is 15.6. The van der Waals surface area contributed by atoms with Gasteiger partial charge in [-0.2, -0.15) is 0 Å². The molecule has 0 spiro atoms. The van der Waals surface area contributed by atoms with Crippen molar-refractivity contribution in [3.63, 3.8) is 0 Å². The fourth-order valence-corrected chi connectivity index (χ4v) is 3.04. The van der Waals surface area contributed by atoms with Gasteiger partial charge < -0.3 is 10.6 Å². The van der Waals surface area contributed by atoms with Gasteiger partial charge in [-0.1, -0.05) is 12.1 Å². The summed E-state index contributed by atoms with van der Waals surface area (Å²) in [5.41, 5.74) is 2.33. The Morgan fingerprint density at radius 2 is 2.00 bits per heavy atom. The highest BCUT2D eigenvalue weighted by Gasteiger charge is 2.10. The molecule has 0 fully saturated rings. The lowest BCUT2D eigenvalue weighted by Gasteiger charge is -2.11. The molecule has 0 aliphatic carbocycles. The maximum absolute atomic E-state index is 12.4. The Kier molecular flexibility index (Phi) is 3.88. The number of fused-ring (bicyclic) bond motifs is 1. The lowest BCUT2D eigenvalue weighted by atomic mass is 10.1. The van der Waals surface area contributed by atoms with E-state index in [1.165, 1.54) is 4.70 Å². The number of nitrogens with one attached hydrogen (secondary N) is 2. The number of hydrogen-bond acceptors (Lipinski definition) is 3. The highest BCUT2D eigenvalue weighted by Crippen LogP contribution is 2.25. The number of carbonyl (C=O) groups excluding carboxylic acids is 1. The second-order valence-corrected chi connectivity index (χ2v) is 5.65. The Morgan fingerprint density at radius 3 is 2.86 bits per heavy atom. The van der Waals surface area contributed by atoms with E-state index < -0.39 is 0 Å². The van der Waals surface area contributed by atoms with E-state index in [0.29, 0.717) is 5.56 Å². The van der Waals surface area contributed by atoms with E-state index in [1.54, 1.807) is 11.3 Å². The molecule has 0 unspecified atom stereocenters. The van der Waals surface area contributed by atoms with Crippen molar-refractivity contribution in [2.24, 2.45) is 0 Å². The molecular formula is C17H16N2OS. The number of anilines is 2. The largest absolute Gasteiger partial charge is 0.385 e. The van der Waals surface area contributed by atoms with Crippen LogP contribution in [0.25, 0.3) is 10.1 Å². The van der Waals surface area contributed by atoms with Crippen LogP contribution in [0.4, 0.5) is 11.4 Å². The lowest BCUT2D eigenvalue weighted by molar-refractivity contribution is 0.102. The third-order valence-corrected chi connectivity index (χ3v) is 4.15. The summed E-state index contributed by atoms with van der Waals surface area (Å²) in [5, 5.41) is 9.38. The molecular weight excluding hydrogens is 280 g/mol. The molecule has 106 valence electrons. The maximum Gasteiger partial charge on any atom is 0.257 e. The summed E-state index contributed by atoms with van der Waals surface area (Å²) in [7, 11) is 0. The maximum atomic E-state index is 12.4. The number of para-hydroxylation sites is 1. The minimum Gasteiger partial charge on any atom is -0.385 e. The SMILES string of the molecule is CCNc1ccccc1C(=O)Nc1ccc2sccc2c1. The van der Waals surface area contributed by atoms with Crippen LogP contribution in [0.15, 0.2) is 53.9 Å². The number of benzene rings is 2. The highest BCUT2D eigenvalue weighted by molar-refractivity contribution is 7.17. The zero-order chi connectivity index (χ0) is 14.7. The first kappa shape index (κ1) is 13.6. The molecule has 0 radical (unpaired) electrons. The first-order valence-corrected chi connectivity index (χ1v) is 7.77. The summed E-state index contributed by atoms with van der Waals surface area (Å²) in [4.78, 5) is 12.4. The van der Waals surface area contributed by atoms with Gasteiger partial charge in [0.15, 0.2) is 0 Å². The smallest absolute Gasteiger partial charge is 0.257 e. The Hall–Kier alpha value is -2.33. The molecule has 0 saturated heterocycles. The Bertz CT molecular complexity index is 779. The molecule has 3 rings (SSSR count). The van der Waals surface area contributed by atoms with Crippen molar-refractivity contribution in [2.45, 2.75) is 6.92 Å². The molecule has 0 aliphatic rings. The number of carbonyl (C=O) groups is 1. The highest BCUT2D eigenvalue weighted by atomic mass is 32.1. The minimum atomic E-state index is -0.0962. The molecule has 0 atom stereocenters. The van der Waals surface area contributed by atoms with Crippen LogP contribution in [-0.2, 0) is 0 Å². The van der Waals surface area contributed by atoms with Crippen LogP contribution in [0, 0.1) is 0 Å². The fourth-order valence-electron chi connectivity index (χ4n) is 2.27. The van der Waals surface area contributed by atoms with Crippen molar-refractivity contribution in [3.8, 4) is 0 Å². The molecule has 0 saturated carbocycles. The van der Waals surface area contributed by atoms with Crippen LogP contribution < -0.4 is 10.6 Å². The van der Waals surface area contributed by atoms with E-state index in [1.807, 2.05) is 49.4 Å². The summed E-state index contributed by atoms with van der Waals surface area (Å²) < 4.78 is 1.22. The van der Waals surface area contributed by atoms with Crippen molar-refractivity contribution in [2.75, 3.05) is 17.2 Å². The molecule has 3 nitrogen and oxygen atoms in total. The van der Waals surface area contributed by atoms with Gasteiger partial charge in [0.05, 0.1) is 5.56 Å². The van der Waals surface area contributed by atoms with Gasteiger partial charge in [0.1, 0.15) is 0 Å². The van der Waals surface area contributed by atoms with E-state index in [0.717, 1.165) is 23.3 Å². The minimum absolute atomic E-state index is 0.0962. The van der Waals surface area contributed by atoms with Crippen molar-refractivity contribution in [1.82, 2.24) is 0 Å². The van der Waals surface area contributed by atoms with Gasteiger partial charge in [-0.15, -0.1) is 11.3 Å². The van der Waals surface area contributed by atoms with Crippen LogP contribution in [0.3, 0.4) is 0 Å². The predicted octanol–water partition coefficient (Wildman–Crippen LogP) is 4.59. The van der Waals surface area contributed by atoms with Crippen molar-refractivity contribution >= 4 is 38.7 Å². The van der Waals surface area contributed by atoms with Crippen molar-refractivity contribution in [3.05, 3.63) is 59.5 Å². The Balaban J connectivity index is 1.85. The molecule has 0 bridgehead atoms. The van der Waals surface area contributed by atoms with Crippen LogP contribution in [0.5, 0.6) is 0 Å². The second kappa shape index (κ2) is 5.97. The number of hydrogen-bond donors (Lipinski definition) is 2. The van der Waals surface area contributed by atoms with Crippen LogP contribution in [-0.4, -0.2) is 12.5 Å². The number of amides is 1. The van der Waals surface area contributed by atoms with Gasteiger partial charge in [0.2, 0.25) is 0 Å². The lowest BCUT2D eigenvalue weighted by Crippen LogP contribution is -2.14. The topological polar surface area (TPSA) is 41.1 Å². The number of rotatable bonds is 4. The monoisotopic (exact) mass is 296 g/mol. The average Bonchev–Trinajstić information content (AvgIpc) is 2.95. The van der Waals surface area contributed by atoms with Gasteiger partial charge >= 0.3 is 0 Å². The molecule has 3 aromatic rings. The standard InChI is InChI=1S/C17H16N2OS/c1-2-18-15-6-4-3-5-14(15)17(20)19-13-7-8-16-12(11-13)9-10-21-16/h3-11,18H,2H2,1H3,(H,19,20). The third-order valence-electron chi connectivity index (χ3n) is 3.25. The summed E-state index contributed by atoms with van der Waals surface area (Å²) >= 11 is 1.70. The molecule has 1 aromatic heterocycles. The molecule has 2 N–H and O–H groups in total. The van der Waals surface area contributed by atoms with E-state index >= 15 is 0 Å². The normalized spacial score (nSPS) is 10.5. The molecule has 1 heterocycles. The molecule has 4 heteroatoms. The second-order valence-electron chi connectivity index (χ2n) is 4.70.